The van der Waals surface area contributed by atoms with Gasteiger partial charge in [0, 0.05) is 18.3 Å². The van der Waals surface area contributed by atoms with Crippen molar-refractivity contribution in [3.05, 3.63) is 65.5 Å². The molecule has 1 aliphatic carbocycles. The quantitative estimate of drug-likeness (QED) is 0.867. The van der Waals surface area contributed by atoms with Gasteiger partial charge in [0.25, 0.3) is 0 Å². The van der Waals surface area contributed by atoms with Gasteiger partial charge in [-0.05, 0) is 67.5 Å². The van der Waals surface area contributed by atoms with Crippen molar-refractivity contribution in [3.63, 3.8) is 0 Å². The molecule has 25 heavy (non-hydrogen) atoms. The second kappa shape index (κ2) is 7.26. The number of rotatable bonds is 5. The minimum atomic E-state index is -3.15. The van der Waals surface area contributed by atoms with E-state index < -0.39 is 9.84 Å². The second-order valence-corrected chi connectivity index (χ2v) is 9.01. The van der Waals surface area contributed by atoms with Gasteiger partial charge in [-0.3, -0.25) is 0 Å². The molecule has 0 bridgehead atoms. The second-order valence-electron chi connectivity index (χ2n) is 6.99. The van der Waals surface area contributed by atoms with Crippen LogP contribution in [0.4, 0.5) is 4.39 Å². The summed E-state index contributed by atoms with van der Waals surface area (Å²) < 4.78 is 36.5. The van der Waals surface area contributed by atoms with Crippen LogP contribution >= 0.6 is 0 Å². The molecule has 0 spiro atoms. The Balaban J connectivity index is 1.62. The average molecular weight is 361 g/mol. The summed E-state index contributed by atoms with van der Waals surface area (Å²) in [5.41, 5.74) is 2.15. The Hall–Kier alpha value is -1.72. The zero-order chi connectivity index (χ0) is 18.0. The highest BCUT2D eigenvalue weighted by Gasteiger charge is 2.27. The molecular weight excluding hydrogens is 337 g/mol. The molecule has 1 N–H and O–H groups in total. The Morgan fingerprint density at radius 1 is 1.12 bits per heavy atom. The molecule has 0 aromatic heterocycles. The van der Waals surface area contributed by atoms with E-state index in [9.17, 15) is 12.8 Å². The zero-order valence-electron chi connectivity index (χ0n) is 14.6. The van der Waals surface area contributed by atoms with Gasteiger partial charge in [0.1, 0.15) is 5.82 Å². The van der Waals surface area contributed by atoms with E-state index in [1.165, 1.54) is 17.9 Å². The van der Waals surface area contributed by atoms with E-state index in [1.54, 1.807) is 24.3 Å². The summed E-state index contributed by atoms with van der Waals surface area (Å²) in [4.78, 5) is 0.364. The molecule has 3 rings (SSSR count). The van der Waals surface area contributed by atoms with E-state index in [0.717, 1.165) is 24.8 Å². The predicted molar refractivity (Wildman–Crippen MR) is 97.9 cm³/mol. The Morgan fingerprint density at radius 2 is 1.84 bits per heavy atom. The SMILES string of the molecule is C[C@@H](N[C@H]1CCC(c2ccc(S(C)(=O)=O)cc2)C1)c1cccc(F)c1. The molecule has 0 aliphatic heterocycles. The third-order valence-electron chi connectivity index (χ3n) is 5.05. The van der Waals surface area contributed by atoms with Crippen molar-refractivity contribution >= 4 is 9.84 Å². The van der Waals surface area contributed by atoms with Gasteiger partial charge < -0.3 is 5.32 Å². The van der Waals surface area contributed by atoms with Gasteiger partial charge >= 0.3 is 0 Å². The zero-order valence-corrected chi connectivity index (χ0v) is 15.4. The molecule has 2 aromatic rings. The average Bonchev–Trinajstić information content (AvgIpc) is 3.02. The van der Waals surface area contributed by atoms with E-state index in [0.29, 0.717) is 16.9 Å². The minimum absolute atomic E-state index is 0.104. The summed E-state index contributed by atoms with van der Waals surface area (Å²) in [5.74, 6) is 0.229. The van der Waals surface area contributed by atoms with Gasteiger partial charge in [0.05, 0.1) is 4.90 Å². The van der Waals surface area contributed by atoms with E-state index in [1.807, 2.05) is 18.2 Å². The van der Waals surface area contributed by atoms with Crippen molar-refractivity contribution < 1.29 is 12.8 Å². The molecule has 0 heterocycles. The fraction of sp³-hybridized carbons (Fsp3) is 0.400. The summed E-state index contributed by atoms with van der Waals surface area (Å²) in [6.07, 6.45) is 4.38. The molecule has 0 radical (unpaired) electrons. The first-order chi connectivity index (χ1) is 11.8. The van der Waals surface area contributed by atoms with E-state index in [-0.39, 0.29) is 11.9 Å². The van der Waals surface area contributed by atoms with Crippen LogP contribution in [-0.2, 0) is 9.84 Å². The molecule has 3 atom stereocenters. The number of benzene rings is 2. The van der Waals surface area contributed by atoms with Crippen LogP contribution in [0.3, 0.4) is 0 Å². The molecule has 5 heteroatoms. The van der Waals surface area contributed by atoms with Gasteiger partial charge in [0.2, 0.25) is 0 Å². The molecule has 1 unspecified atom stereocenters. The molecule has 0 amide bonds. The lowest BCUT2D eigenvalue weighted by Crippen LogP contribution is -2.29. The maximum Gasteiger partial charge on any atom is 0.175 e. The highest BCUT2D eigenvalue weighted by molar-refractivity contribution is 7.90. The molecule has 2 aromatic carbocycles. The number of nitrogens with one attached hydrogen (secondary N) is 1. The van der Waals surface area contributed by atoms with Crippen LogP contribution in [0.25, 0.3) is 0 Å². The van der Waals surface area contributed by atoms with E-state index in [2.05, 4.69) is 12.2 Å². The lowest BCUT2D eigenvalue weighted by molar-refractivity contribution is 0.455. The number of sulfone groups is 1. The maximum atomic E-state index is 13.4. The standard InChI is InChI=1S/C20H24FNO2S/c1-14(16-4-3-5-18(21)12-16)22-19-9-6-17(13-19)15-7-10-20(11-8-15)25(2,23)24/h3-5,7-8,10-12,14,17,19,22H,6,9,13H2,1-2H3/t14-,17?,19+/m1/s1. The Bertz CT molecular complexity index is 833. The molecule has 1 saturated carbocycles. The Kier molecular flexibility index (Phi) is 5.25. The number of hydrogen-bond donors (Lipinski definition) is 1. The van der Waals surface area contributed by atoms with Crippen molar-refractivity contribution in [2.24, 2.45) is 0 Å². The fourth-order valence-corrected chi connectivity index (χ4v) is 4.28. The van der Waals surface area contributed by atoms with Crippen molar-refractivity contribution in [2.45, 2.75) is 49.1 Å². The van der Waals surface area contributed by atoms with Crippen molar-refractivity contribution in [1.29, 1.82) is 0 Å². The summed E-state index contributed by atoms with van der Waals surface area (Å²) >= 11 is 0. The van der Waals surface area contributed by atoms with Crippen LogP contribution in [0.1, 0.15) is 49.3 Å². The Morgan fingerprint density at radius 3 is 2.48 bits per heavy atom. The van der Waals surface area contributed by atoms with Gasteiger partial charge in [-0.25, -0.2) is 12.8 Å². The van der Waals surface area contributed by atoms with Crippen molar-refractivity contribution in [3.8, 4) is 0 Å². The summed E-state index contributed by atoms with van der Waals surface area (Å²) in [5, 5.41) is 3.60. The molecule has 3 nitrogen and oxygen atoms in total. The largest absolute Gasteiger partial charge is 0.307 e. The lowest BCUT2D eigenvalue weighted by atomic mass is 9.97. The van der Waals surface area contributed by atoms with Crippen molar-refractivity contribution in [1.82, 2.24) is 5.32 Å². The van der Waals surface area contributed by atoms with Gasteiger partial charge in [-0.15, -0.1) is 0 Å². The number of hydrogen-bond acceptors (Lipinski definition) is 3. The van der Waals surface area contributed by atoms with Gasteiger partial charge in [-0.2, -0.15) is 0 Å². The highest BCUT2D eigenvalue weighted by Crippen LogP contribution is 2.35. The first kappa shape index (κ1) is 18.1. The van der Waals surface area contributed by atoms with Crippen molar-refractivity contribution in [2.75, 3.05) is 6.26 Å². The summed E-state index contributed by atoms with van der Waals surface area (Å²) in [6, 6.07) is 14.5. The van der Waals surface area contributed by atoms with Gasteiger partial charge in [0.15, 0.2) is 9.84 Å². The molecule has 0 saturated heterocycles. The Labute approximate surface area is 149 Å². The number of halogens is 1. The molecule has 1 fully saturated rings. The lowest BCUT2D eigenvalue weighted by Gasteiger charge is -2.20. The third kappa shape index (κ3) is 4.47. The van der Waals surface area contributed by atoms with Crippen LogP contribution in [-0.4, -0.2) is 20.7 Å². The van der Waals surface area contributed by atoms with Crippen LogP contribution < -0.4 is 5.32 Å². The fourth-order valence-electron chi connectivity index (χ4n) is 3.65. The topological polar surface area (TPSA) is 46.2 Å². The molecule has 1 aliphatic rings. The predicted octanol–water partition coefficient (Wildman–Crippen LogP) is 4.22. The van der Waals surface area contributed by atoms with Gasteiger partial charge in [-0.1, -0.05) is 24.3 Å². The first-order valence-corrected chi connectivity index (χ1v) is 10.5. The smallest absolute Gasteiger partial charge is 0.175 e. The van der Waals surface area contributed by atoms with Crippen LogP contribution in [0.2, 0.25) is 0 Å². The van der Waals surface area contributed by atoms with E-state index in [4.69, 9.17) is 0 Å². The summed E-state index contributed by atoms with van der Waals surface area (Å²) in [6.45, 7) is 2.06. The molecule has 134 valence electrons. The highest BCUT2D eigenvalue weighted by atomic mass is 32.2. The minimum Gasteiger partial charge on any atom is -0.307 e. The third-order valence-corrected chi connectivity index (χ3v) is 6.18. The normalized spacial score (nSPS) is 22.0. The van der Waals surface area contributed by atoms with Crippen LogP contribution in [0, 0.1) is 5.82 Å². The van der Waals surface area contributed by atoms with E-state index >= 15 is 0 Å². The summed E-state index contributed by atoms with van der Waals surface area (Å²) in [7, 11) is -3.15. The first-order valence-electron chi connectivity index (χ1n) is 8.64. The molecular formula is C20H24FNO2S. The monoisotopic (exact) mass is 361 g/mol. The maximum absolute atomic E-state index is 13.4. The van der Waals surface area contributed by atoms with Crippen LogP contribution in [0.5, 0.6) is 0 Å². The van der Waals surface area contributed by atoms with Crippen LogP contribution in [0.15, 0.2) is 53.4 Å².